The van der Waals surface area contributed by atoms with Gasteiger partial charge in [-0.1, -0.05) is 31.1 Å². The molecule has 0 fully saturated rings. The van der Waals surface area contributed by atoms with E-state index < -0.39 is 11.6 Å². The van der Waals surface area contributed by atoms with Crippen LogP contribution >= 0.6 is 0 Å². The fourth-order valence-electron chi connectivity index (χ4n) is 2.09. The Hall–Kier alpha value is -1.18. The van der Waals surface area contributed by atoms with Crippen molar-refractivity contribution in [3.8, 4) is 0 Å². The lowest BCUT2D eigenvalue weighted by Gasteiger charge is -2.17. The lowest BCUT2D eigenvalue weighted by atomic mass is 9.89. The molecular weight excluding hydrogens is 194 g/mol. The zero-order chi connectivity index (χ0) is 10.8. The Bertz CT molecular complexity index is 405. The van der Waals surface area contributed by atoms with Crippen LogP contribution < -0.4 is 0 Å². The van der Waals surface area contributed by atoms with Crippen molar-refractivity contribution < 1.29 is 8.78 Å². The number of allylic oxidation sites excluding steroid dienone is 2. The summed E-state index contributed by atoms with van der Waals surface area (Å²) in [5, 5.41) is 0. The second-order valence-corrected chi connectivity index (χ2v) is 3.99. The Balaban J connectivity index is 2.30. The van der Waals surface area contributed by atoms with Crippen molar-refractivity contribution in [3.63, 3.8) is 0 Å². The third-order valence-electron chi connectivity index (χ3n) is 2.88. The highest BCUT2D eigenvalue weighted by atomic mass is 19.2. The molecule has 0 saturated heterocycles. The van der Waals surface area contributed by atoms with Gasteiger partial charge in [0.15, 0.2) is 11.6 Å². The first kappa shape index (κ1) is 10.3. The van der Waals surface area contributed by atoms with Crippen LogP contribution in [-0.4, -0.2) is 0 Å². The van der Waals surface area contributed by atoms with Gasteiger partial charge >= 0.3 is 0 Å². The normalized spacial score (nSPS) is 14.7. The highest BCUT2D eigenvalue weighted by molar-refractivity contribution is 5.38. The molecule has 1 aliphatic carbocycles. The van der Waals surface area contributed by atoms with Gasteiger partial charge in [0, 0.05) is 0 Å². The molecule has 0 saturated carbocycles. The summed E-state index contributed by atoms with van der Waals surface area (Å²) in [6, 6.07) is 2.93. The van der Waals surface area contributed by atoms with Gasteiger partial charge in [0.2, 0.25) is 0 Å². The van der Waals surface area contributed by atoms with Crippen molar-refractivity contribution in [1.82, 2.24) is 0 Å². The number of rotatable bonds is 2. The number of halogens is 2. The minimum atomic E-state index is -0.735. The van der Waals surface area contributed by atoms with Crippen LogP contribution in [0.2, 0.25) is 0 Å². The molecule has 1 aromatic carbocycles. The van der Waals surface area contributed by atoms with E-state index in [-0.39, 0.29) is 0 Å². The molecule has 80 valence electrons. The van der Waals surface area contributed by atoms with E-state index in [0.717, 1.165) is 24.8 Å². The van der Waals surface area contributed by atoms with Crippen molar-refractivity contribution in [1.29, 1.82) is 0 Å². The van der Waals surface area contributed by atoms with Crippen molar-refractivity contribution in [2.75, 3.05) is 0 Å². The fraction of sp³-hybridized carbons (Fsp3) is 0.385. The predicted molar refractivity (Wildman–Crippen MR) is 56.8 cm³/mol. The van der Waals surface area contributed by atoms with E-state index in [4.69, 9.17) is 0 Å². The average Bonchev–Trinajstić information content (AvgIpc) is 2.24. The Kier molecular flexibility index (Phi) is 2.85. The largest absolute Gasteiger partial charge is 0.204 e. The summed E-state index contributed by atoms with van der Waals surface area (Å²) in [5.41, 5.74) is 2.82. The molecule has 0 radical (unpaired) electrons. The standard InChI is InChI=1S/C13H14F2/c1-2-3-9-4-6-11-10(8-9)5-7-12(14)13(11)15/h4-5,7H,2-3,6,8H2,1H3. The van der Waals surface area contributed by atoms with Gasteiger partial charge in [0.1, 0.15) is 0 Å². The molecular formula is C13H14F2. The molecule has 0 N–H and O–H groups in total. The minimum Gasteiger partial charge on any atom is -0.204 e. The molecule has 0 heterocycles. The summed E-state index contributed by atoms with van der Waals surface area (Å²) in [5.74, 6) is -1.40. The highest BCUT2D eigenvalue weighted by Gasteiger charge is 2.16. The molecule has 1 aromatic rings. The molecule has 2 heteroatoms. The predicted octanol–water partition coefficient (Wildman–Crippen LogP) is 3.79. The molecule has 0 aliphatic heterocycles. The van der Waals surface area contributed by atoms with E-state index in [1.807, 2.05) is 6.08 Å². The van der Waals surface area contributed by atoms with Gasteiger partial charge in [-0.15, -0.1) is 0 Å². The van der Waals surface area contributed by atoms with Gasteiger partial charge in [-0.05, 0) is 36.5 Å². The van der Waals surface area contributed by atoms with Gasteiger partial charge in [-0.25, -0.2) is 8.78 Å². The third kappa shape index (κ3) is 1.94. The molecule has 0 spiro atoms. The molecule has 2 rings (SSSR count). The summed E-state index contributed by atoms with van der Waals surface area (Å²) in [7, 11) is 0. The number of benzene rings is 1. The van der Waals surface area contributed by atoms with Crippen molar-refractivity contribution in [2.24, 2.45) is 0 Å². The van der Waals surface area contributed by atoms with Gasteiger partial charge in [0.25, 0.3) is 0 Å². The minimum absolute atomic E-state index is 0.536. The Morgan fingerprint density at radius 1 is 1.27 bits per heavy atom. The molecule has 15 heavy (non-hydrogen) atoms. The second kappa shape index (κ2) is 4.13. The quantitative estimate of drug-likeness (QED) is 0.649. The summed E-state index contributed by atoms with van der Waals surface area (Å²) in [6.07, 6.45) is 5.51. The van der Waals surface area contributed by atoms with Gasteiger partial charge < -0.3 is 0 Å². The second-order valence-electron chi connectivity index (χ2n) is 3.99. The zero-order valence-electron chi connectivity index (χ0n) is 8.82. The van der Waals surface area contributed by atoms with Crippen LogP contribution in [-0.2, 0) is 12.8 Å². The van der Waals surface area contributed by atoms with Crippen molar-refractivity contribution >= 4 is 0 Å². The SMILES string of the molecule is CCCC1=CCc2c(ccc(F)c2F)C1. The molecule has 0 amide bonds. The molecule has 0 aromatic heterocycles. The zero-order valence-corrected chi connectivity index (χ0v) is 8.82. The van der Waals surface area contributed by atoms with E-state index in [1.54, 1.807) is 6.07 Å². The summed E-state index contributed by atoms with van der Waals surface area (Å²) >= 11 is 0. The van der Waals surface area contributed by atoms with Crippen LogP contribution in [0, 0.1) is 11.6 Å². The first-order valence-corrected chi connectivity index (χ1v) is 5.36. The van der Waals surface area contributed by atoms with Gasteiger partial charge in [0.05, 0.1) is 0 Å². The first-order valence-electron chi connectivity index (χ1n) is 5.36. The first-order chi connectivity index (χ1) is 7.22. The topological polar surface area (TPSA) is 0 Å². The van der Waals surface area contributed by atoms with Crippen LogP contribution in [0.25, 0.3) is 0 Å². The van der Waals surface area contributed by atoms with Crippen molar-refractivity contribution in [3.05, 3.63) is 46.5 Å². The monoisotopic (exact) mass is 208 g/mol. The summed E-state index contributed by atoms with van der Waals surface area (Å²) in [6.45, 7) is 2.13. The lowest BCUT2D eigenvalue weighted by Crippen LogP contribution is -2.07. The third-order valence-corrected chi connectivity index (χ3v) is 2.88. The Labute approximate surface area is 88.6 Å². The van der Waals surface area contributed by atoms with E-state index in [1.165, 1.54) is 11.6 Å². The molecule has 0 bridgehead atoms. The number of fused-ring (bicyclic) bond motifs is 1. The lowest BCUT2D eigenvalue weighted by molar-refractivity contribution is 0.498. The number of hydrogen-bond acceptors (Lipinski definition) is 0. The Morgan fingerprint density at radius 2 is 2.07 bits per heavy atom. The van der Waals surface area contributed by atoms with Crippen LogP contribution in [0.15, 0.2) is 23.8 Å². The fourth-order valence-corrected chi connectivity index (χ4v) is 2.09. The highest BCUT2D eigenvalue weighted by Crippen LogP contribution is 2.26. The van der Waals surface area contributed by atoms with E-state index in [9.17, 15) is 8.78 Å². The van der Waals surface area contributed by atoms with Crippen LogP contribution in [0.1, 0.15) is 30.9 Å². The van der Waals surface area contributed by atoms with Crippen LogP contribution in [0.5, 0.6) is 0 Å². The molecule has 0 unspecified atom stereocenters. The van der Waals surface area contributed by atoms with Crippen LogP contribution in [0.4, 0.5) is 8.78 Å². The van der Waals surface area contributed by atoms with Crippen molar-refractivity contribution in [2.45, 2.75) is 32.6 Å². The molecule has 0 nitrogen and oxygen atoms in total. The summed E-state index contributed by atoms with van der Waals surface area (Å²) in [4.78, 5) is 0. The maximum Gasteiger partial charge on any atom is 0.162 e. The van der Waals surface area contributed by atoms with E-state index in [2.05, 4.69) is 6.92 Å². The van der Waals surface area contributed by atoms with E-state index in [0.29, 0.717) is 12.0 Å². The van der Waals surface area contributed by atoms with E-state index >= 15 is 0 Å². The van der Waals surface area contributed by atoms with Gasteiger partial charge in [-0.2, -0.15) is 0 Å². The summed E-state index contributed by atoms with van der Waals surface area (Å²) < 4.78 is 26.3. The van der Waals surface area contributed by atoms with Gasteiger partial charge in [-0.3, -0.25) is 0 Å². The van der Waals surface area contributed by atoms with Crippen LogP contribution in [0.3, 0.4) is 0 Å². The average molecular weight is 208 g/mol. The maximum atomic E-state index is 13.4. The smallest absolute Gasteiger partial charge is 0.162 e. The molecule has 1 aliphatic rings. The maximum absolute atomic E-state index is 13.4. The molecule has 0 atom stereocenters. The number of hydrogen-bond donors (Lipinski definition) is 0. The Morgan fingerprint density at radius 3 is 2.80 bits per heavy atom.